The molecule has 1 heterocycles. The first-order valence-electron chi connectivity index (χ1n) is 6.93. The van der Waals surface area contributed by atoms with Crippen molar-refractivity contribution in [2.45, 2.75) is 6.54 Å². The summed E-state index contributed by atoms with van der Waals surface area (Å²) in [4.78, 5) is 25.8. The molecule has 5 nitrogen and oxygen atoms in total. The molecule has 0 saturated carbocycles. The maximum Gasteiger partial charge on any atom is 0.279 e. The Bertz CT molecular complexity index is 802. The second-order valence-electron chi connectivity index (χ2n) is 5.01. The number of carbonyl (C=O) groups is 2. The zero-order valence-electron chi connectivity index (χ0n) is 12.0. The molecule has 1 aliphatic rings. The van der Waals surface area contributed by atoms with Crippen molar-refractivity contribution in [2.75, 3.05) is 5.32 Å². The Kier molecular flexibility index (Phi) is 4.04. The molecule has 0 radical (unpaired) electrons. The SMILES string of the molecule is O=C1C(Cl)=C(Nc2ccccc2O)C(=O)N1Cc1ccccc1. The Labute approximate surface area is 137 Å². The van der Waals surface area contributed by atoms with Gasteiger partial charge in [0.1, 0.15) is 16.5 Å². The van der Waals surface area contributed by atoms with E-state index in [2.05, 4.69) is 5.32 Å². The summed E-state index contributed by atoms with van der Waals surface area (Å²) in [6.45, 7) is 0.140. The molecule has 23 heavy (non-hydrogen) atoms. The van der Waals surface area contributed by atoms with Gasteiger partial charge in [-0.2, -0.15) is 0 Å². The van der Waals surface area contributed by atoms with Crippen molar-refractivity contribution in [3.63, 3.8) is 0 Å². The molecule has 0 atom stereocenters. The predicted octanol–water partition coefficient (Wildman–Crippen LogP) is 2.82. The van der Waals surface area contributed by atoms with E-state index in [9.17, 15) is 14.7 Å². The van der Waals surface area contributed by atoms with Crippen LogP contribution in [0.2, 0.25) is 0 Å². The van der Waals surface area contributed by atoms with Crippen molar-refractivity contribution in [1.29, 1.82) is 0 Å². The zero-order chi connectivity index (χ0) is 16.4. The lowest BCUT2D eigenvalue weighted by Crippen LogP contribution is -2.31. The fraction of sp³-hybridized carbons (Fsp3) is 0.0588. The quantitative estimate of drug-likeness (QED) is 0.669. The van der Waals surface area contributed by atoms with Crippen LogP contribution in [0.5, 0.6) is 5.75 Å². The van der Waals surface area contributed by atoms with Gasteiger partial charge in [0.25, 0.3) is 11.8 Å². The van der Waals surface area contributed by atoms with E-state index >= 15 is 0 Å². The first-order valence-corrected chi connectivity index (χ1v) is 7.30. The molecule has 2 amide bonds. The number of amides is 2. The van der Waals surface area contributed by atoms with Crippen LogP contribution in [0.25, 0.3) is 0 Å². The number of carbonyl (C=O) groups excluding carboxylic acids is 2. The summed E-state index contributed by atoms with van der Waals surface area (Å²) in [5.74, 6) is -1.11. The van der Waals surface area contributed by atoms with Gasteiger partial charge in [-0.05, 0) is 17.7 Å². The Morgan fingerprint density at radius 2 is 1.61 bits per heavy atom. The van der Waals surface area contributed by atoms with Crippen molar-refractivity contribution in [3.05, 3.63) is 70.9 Å². The van der Waals surface area contributed by atoms with Crippen LogP contribution >= 0.6 is 11.6 Å². The topological polar surface area (TPSA) is 69.6 Å². The van der Waals surface area contributed by atoms with Crippen LogP contribution in [-0.4, -0.2) is 21.8 Å². The normalized spacial score (nSPS) is 14.6. The lowest BCUT2D eigenvalue weighted by atomic mass is 10.2. The van der Waals surface area contributed by atoms with Gasteiger partial charge in [-0.15, -0.1) is 0 Å². The molecular weight excluding hydrogens is 316 g/mol. The maximum atomic E-state index is 12.5. The summed E-state index contributed by atoms with van der Waals surface area (Å²) in [5, 5.41) is 12.3. The van der Waals surface area contributed by atoms with E-state index in [0.717, 1.165) is 10.5 Å². The molecule has 3 rings (SSSR count). The van der Waals surface area contributed by atoms with Crippen LogP contribution in [0, 0.1) is 0 Å². The van der Waals surface area contributed by atoms with Gasteiger partial charge in [0.2, 0.25) is 0 Å². The molecule has 2 aromatic rings. The molecule has 0 spiro atoms. The number of para-hydroxylation sites is 2. The smallest absolute Gasteiger partial charge is 0.279 e. The molecule has 0 unspecified atom stereocenters. The van der Waals surface area contributed by atoms with E-state index in [1.165, 1.54) is 6.07 Å². The standard InChI is InChI=1S/C17H13ClN2O3/c18-14-15(19-12-8-4-5-9-13(12)21)17(23)20(16(14)22)10-11-6-2-1-3-7-11/h1-9,19,21H,10H2. The van der Waals surface area contributed by atoms with Crippen molar-refractivity contribution in [1.82, 2.24) is 4.90 Å². The highest BCUT2D eigenvalue weighted by Gasteiger charge is 2.37. The highest BCUT2D eigenvalue weighted by atomic mass is 35.5. The molecule has 0 aliphatic carbocycles. The lowest BCUT2D eigenvalue weighted by Gasteiger charge is -2.15. The van der Waals surface area contributed by atoms with Crippen molar-refractivity contribution < 1.29 is 14.7 Å². The van der Waals surface area contributed by atoms with Gasteiger partial charge in [-0.25, -0.2) is 0 Å². The lowest BCUT2D eigenvalue weighted by molar-refractivity contribution is -0.138. The molecule has 1 aliphatic heterocycles. The Morgan fingerprint density at radius 1 is 0.957 bits per heavy atom. The molecular formula is C17H13ClN2O3. The second kappa shape index (κ2) is 6.14. The number of phenols is 1. The zero-order valence-corrected chi connectivity index (χ0v) is 12.7. The van der Waals surface area contributed by atoms with E-state index in [0.29, 0.717) is 5.69 Å². The number of benzene rings is 2. The molecule has 6 heteroatoms. The predicted molar refractivity (Wildman–Crippen MR) is 86.6 cm³/mol. The number of phenolic OH excluding ortho intramolecular Hbond substituents is 1. The van der Waals surface area contributed by atoms with E-state index < -0.39 is 11.8 Å². The van der Waals surface area contributed by atoms with Gasteiger partial charge < -0.3 is 10.4 Å². The largest absolute Gasteiger partial charge is 0.506 e. The number of anilines is 1. The molecule has 0 saturated heterocycles. The van der Waals surface area contributed by atoms with Crippen molar-refractivity contribution in [3.8, 4) is 5.75 Å². The highest BCUT2D eigenvalue weighted by Crippen LogP contribution is 2.30. The van der Waals surface area contributed by atoms with Crippen LogP contribution in [0.15, 0.2) is 65.3 Å². The van der Waals surface area contributed by atoms with E-state index in [1.807, 2.05) is 30.3 Å². The fourth-order valence-corrected chi connectivity index (χ4v) is 2.51. The molecule has 0 bridgehead atoms. The number of rotatable bonds is 4. The molecule has 2 N–H and O–H groups in total. The van der Waals surface area contributed by atoms with Crippen LogP contribution in [0.4, 0.5) is 5.69 Å². The number of aromatic hydroxyl groups is 1. The Morgan fingerprint density at radius 3 is 2.30 bits per heavy atom. The first kappa shape index (κ1) is 15.1. The third-order valence-electron chi connectivity index (χ3n) is 3.46. The molecule has 2 aromatic carbocycles. The number of nitrogens with zero attached hydrogens (tertiary/aromatic N) is 1. The third-order valence-corrected chi connectivity index (χ3v) is 3.81. The minimum Gasteiger partial charge on any atom is -0.506 e. The van der Waals surface area contributed by atoms with Crippen molar-refractivity contribution in [2.24, 2.45) is 0 Å². The van der Waals surface area contributed by atoms with Gasteiger partial charge in [0.05, 0.1) is 12.2 Å². The number of hydrogen-bond donors (Lipinski definition) is 2. The van der Waals surface area contributed by atoms with Crippen LogP contribution in [0.3, 0.4) is 0 Å². The minimum absolute atomic E-state index is 0.0332. The molecule has 0 aromatic heterocycles. The van der Waals surface area contributed by atoms with Crippen LogP contribution in [0.1, 0.15) is 5.56 Å². The molecule has 0 fully saturated rings. The van der Waals surface area contributed by atoms with Crippen LogP contribution in [-0.2, 0) is 16.1 Å². The summed E-state index contributed by atoms with van der Waals surface area (Å²) < 4.78 is 0. The van der Waals surface area contributed by atoms with Gasteiger partial charge >= 0.3 is 0 Å². The summed E-state index contributed by atoms with van der Waals surface area (Å²) in [6, 6.07) is 15.6. The summed E-state index contributed by atoms with van der Waals surface area (Å²) in [7, 11) is 0. The third kappa shape index (κ3) is 2.91. The van der Waals surface area contributed by atoms with E-state index in [-0.39, 0.29) is 23.0 Å². The van der Waals surface area contributed by atoms with Gasteiger partial charge in [-0.3, -0.25) is 14.5 Å². The summed E-state index contributed by atoms with van der Waals surface area (Å²) in [6.07, 6.45) is 0. The monoisotopic (exact) mass is 328 g/mol. The van der Waals surface area contributed by atoms with Gasteiger partial charge in [-0.1, -0.05) is 54.1 Å². The molecule has 116 valence electrons. The number of nitrogens with one attached hydrogen (secondary N) is 1. The average molecular weight is 329 g/mol. The van der Waals surface area contributed by atoms with Gasteiger partial charge in [0, 0.05) is 0 Å². The Hall–Kier alpha value is -2.79. The average Bonchev–Trinajstić information content (AvgIpc) is 2.76. The van der Waals surface area contributed by atoms with Gasteiger partial charge in [0.15, 0.2) is 0 Å². The highest BCUT2D eigenvalue weighted by molar-refractivity contribution is 6.48. The minimum atomic E-state index is -0.557. The second-order valence-corrected chi connectivity index (χ2v) is 5.39. The van der Waals surface area contributed by atoms with Crippen molar-refractivity contribution >= 4 is 29.1 Å². The number of hydrogen-bond acceptors (Lipinski definition) is 4. The van der Waals surface area contributed by atoms with E-state index in [1.54, 1.807) is 18.2 Å². The number of halogens is 1. The summed E-state index contributed by atoms with van der Waals surface area (Å²) in [5.41, 5.74) is 1.10. The Balaban J connectivity index is 1.84. The number of imide groups is 1. The first-order chi connectivity index (χ1) is 11.1. The van der Waals surface area contributed by atoms with Crippen LogP contribution < -0.4 is 5.32 Å². The summed E-state index contributed by atoms with van der Waals surface area (Å²) >= 11 is 6.01. The fourth-order valence-electron chi connectivity index (χ4n) is 2.28. The van der Waals surface area contributed by atoms with E-state index in [4.69, 9.17) is 11.6 Å². The maximum absolute atomic E-state index is 12.5.